The van der Waals surface area contributed by atoms with Crippen LogP contribution < -0.4 is 10.5 Å². The molecule has 0 bridgehead atoms. The summed E-state index contributed by atoms with van der Waals surface area (Å²) < 4.78 is 27.7. The zero-order chi connectivity index (χ0) is 14.0. The highest BCUT2D eigenvalue weighted by atomic mass is 35.5. The second-order valence-corrected chi connectivity index (χ2v) is 6.92. The van der Waals surface area contributed by atoms with Gasteiger partial charge in [-0.3, -0.25) is 5.10 Å². The fraction of sp³-hybridized carbons (Fsp3) is 0.750. The fourth-order valence-electron chi connectivity index (χ4n) is 2.84. The highest BCUT2D eigenvalue weighted by Gasteiger charge is 2.30. The monoisotopic (exact) mass is 322 g/mol. The number of hydrogen-bond acceptors (Lipinski definition) is 4. The van der Waals surface area contributed by atoms with Crippen LogP contribution in [0.15, 0.2) is 4.90 Å². The van der Waals surface area contributed by atoms with Crippen LogP contribution >= 0.6 is 12.4 Å². The van der Waals surface area contributed by atoms with Gasteiger partial charge in [0, 0.05) is 6.04 Å². The highest BCUT2D eigenvalue weighted by molar-refractivity contribution is 7.89. The summed E-state index contributed by atoms with van der Waals surface area (Å²) in [6.45, 7) is 3.94. The summed E-state index contributed by atoms with van der Waals surface area (Å²) >= 11 is 0. The van der Waals surface area contributed by atoms with E-state index in [0.717, 1.165) is 25.7 Å². The molecule has 0 saturated heterocycles. The molecule has 0 spiro atoms. The second-order valence-electron chi connectivity index (χ2n) is 5.27. The molecule has 116 valence electrons. The first-order valence-corrected chi connectivity index (χ1v) is 8.18. The molecule has 1 aromatic heterocycles. The molecule has 4 N–H and O–H groups in total. The number of rotatable bonds is 4. The molecule has 2 rings (SSSR count). The molecule has 1 fully saturated rings. The minimum absolute atomic E-state index is 0. The molecule has 1 heterocycles. The second kappa shape index (κ2) is 6.89. The van der Waals surface area contributed by atoms with Gasteiger partial charge in [-0.15, -0.1) is 12.4 Å². The Balaban J connectivity index is 0.00000200. The Hall–Kier alpha value is -0.630. The van der Waals surface area contributed by atoms with Crippen LogP contribution in [0.5, 0.6) is 0 Å². The van der Waals surface area contributed by atoms with E-state index < -0.39 is 10.0 Å². The van der Waals surface area contributed by atoms with Crippen LogP contribution in [0.2, 0.25) is 0 Å². The molecule has 1 aliphatic rings. The number of nitrogens with one attached hydrogen (secondary N) is 2. The number of aromatic nitrogens is 2. The Kier molecular flexibility index (Phi) is 6.00. The number of nitrogens with two attached hydrogens (primary N) is 1. The molecule has 6 nitrogen and oxygen atoms in total. The summed E-state index contributed by atoms with van der Waals surface area (Å²) in [5, 5.41) is 6.66. The first-order valence-electron chi connectivity index (χ1n) is 6.69. The predicted octanol–water partition coefficient (Wildman–Crippen LogP) is 1.24. The number of sulfonamides is 1. The fourth-order valence-corrected chi connectivity index (χ4v) is 4.55. The van der Waals surface area contributed by atoms with Crippen molar-refractivity contribution in [2.45, 2.75) is 50.5 Å². The zero-order valence-electron chi connectivity index (χ0n) is 11.8. The van der Waals surface area contributed by atoms with Crippen molar-refractivity contribution in [1.29, 1.82) is 0 Å². The van der Waals surface area contributed by atoms with E-state index in [-0.39, 0.29) is 29.3 Å². The van der Waals surface area contributed by atoms with E-state index in [4.69, 9.17) is 5.73 Å². The maximum Gasteiger partial charge on any atom is 0.244 e. The van der Waals surface area contributed by atoms with Crippen LogP contribution in [0.3, 0.4) is 0 Å². The molecule has 2 atom stereocenters. The summed E-state index contributed by atoms with van der Waals surface area (Å²) in [6.07, 6.45) is 4.03. The molecule has 1 aromatic rings. The number of nitrogens with zero attached hydrogens (tertiary/aromatic N) is 1. The molecule has 20 heavy (non-hydrogen) atoms. The molecule has 8 heteroatoms. The number of H-pyrrole nitrogens is 1. The van der Waals surface area contributed by atoms with Crippen molar-refractivity contribution < 1.29 is 8.42 Å². The third-order valence-corrected chi connectivity index (χ3v) is 5.60. The van der Waals surface area contributed by atoms with Gasteiger partial charge in [0.25, 0.3) is 0 Å². The largest absolute Gasteiger partial charge is 0.330 e. The van der Waals surface area contributed by atoms with Crippen molar-refractivity contribution in [1.82, 2.24) is 14.9 Å². The van der Waals surface area contributed by atoms with Crippen molar-refractivity contribution in [2.75, 3.05) is 6.54 Å². The van der Waals surface area contributed by atoms with Crippen LogP contribution in [0.25, 0.3) is 0 Å². The number of halogens is 1. The van der Waals surface area contributed by atoms with Gasteiger partial charge in [-0.2, -0.15) is 5.10 Å². The molecule has 0 aromatic carbocycles. The van der Waals surface area contributed by atoms with Crippen molar-refractivity contribution in [3.63, 3.8) is 0 Å². The Morgan fingerprint density at radius 2 is 2.00 bits per heavy atom. The molecular weight excluding hydrogens is 300 g/mol. The minimum Gasteiger partial charge on any atom is -0.330 e. The Morgan fingerprint density at radius 3 is 2.55 bits per heavy atom. The third kappa shape index (κ3) is 3.52. The van der Waals surface area contributed by atoms with Gasteiger partial charge in [0.05, 0.1) is 11.4 Å². The third-order valence-electron chi connectivity index (χ3n) is 3.85. The lowest BCUT2D eigenvalue weighted by molar-refractivity contribution is 0.296. The lowest BCUT2D eigenvalue weighted by atomic mass is 9.85. The van der Waals surface area contributed by atoms with Crippen molar-refractivity contribution in [3.05, 3.63) is 11.4 Å². The van der Waals surface area contributed by atoms with Crippen molar-refractivity contribution >= 4 is 22.4 Å². The normalized spacial score (nSPS) is 23.4. The molecule has 0 amide bonds. The SMILES string of the molecule is Cc1n[nH]c(C)c1S(=O)(=O)NC1CCCCC1CN.Cl. The van der Waals surface area contributed by atoms with E-state index in [1.165, 1.54) is 0 Å². The first-order chi connectivity index (χ1) is 8.95. The minimum atomic E-state index is -3.52. The van der Waals surface area contributed by atoms with Crippen LogP contribution in [-0.2, 0) is 10.0 Å². The van der Waals surface area contributed by atoms with Crippen molar-refractivity contribution in [2.24, 2.45) is 11.7 Å². The van der Waals surface area contributed by atoms with Gasteiger partial charge < -0.3 is 5.73 Å². The topological polar surface area (TPSA) is 101 Å². The predicted molar refractivity (Wildman–Crippen MR) is 80.4 cm³/mol. The standard InChI is InChI=1S/C12H22N4O2S.ClH/c1-8-12(9(2)15-14-8)19(17,18)16-11-6-4-3-5-10(11)7-13;/h10-11,16H,3-7,13H2,1-2H3,(H,14,15);1H. The number of aryl methyl sites for hydroxylation is 2. The number of aromatic amines is 1. The average Bonchev–Trinajstić information content (AvgIpc) is 2.70. The average molecular weight is 323 g/mol. The van der Waals surface area contributed by atoms with Crippen LogP contribution in [0.1, 0.15) is 37.1 Å². The Bertz CT molecular complexity index is 524. The molecule has 2 unspecified atom stereocenters. The van der Waals surface area contributed by atoms with Crippen LogP contribution in [-0.4, -0.2) is 31.2 Å². The van der Waals surface area contributed by atoms with E-state index in [1.54, 1.807) is 13.8 Å². The Morgan fingerprint density at radius 1 is 1.35 bits per heavy atom. The van der Waals surface area contributed by atoms with Gasteiger partial charge in [0.15, 0.2) is 0 Å². The van der Waals surface area contributed by atoms with E-state index in [0.29, 0.717) is 17.9 Å². The quantitative estimate of drug-likeness (QED) is 0.776. The Labute approximate surface area is 126 Å². The van der Waals surface area contributed by atoms with Crippen LogP contribution in [0.4, 0.5) is 0 Å². The van der Waals surface area contributed by atoms with Gasteiger partial charge in [0.2, 0.25) is 10.0 Å². The molecule has 1 saturated carbocycles. The summed E-state index contributed by atoms with van der Waals surface area (Å²) in [7, 11) is -3.52. The molecule has 0 aliphatic heterocycles. The zero-order valence-corrected chi connectivity index (χ0v) is 13.5. The first kappa shape index (κ1) is 17.4. The number of hydrogen-bond donors (Lipinski definition) is 3. The van der Waals surface area contributed by atoms with Gasteiger partial charge in [-0.05, 0) is 39.2 Å². The van der Waals surface area contributed by atoms with Crippen LogP contribution in [0, 0.1) is 19.8 Å². The smallest absolute Gasteiger partial charge is 0.244 e. The van der Waals surface area contributed by atoms with E-state index in [2.05, 4.69) is 14.9 Å². The summed E-state index contributed by atoms with van der Waals surface area (Å²) in [5.41, 5.74) is 6.82. The van der Waals surface area contributed by atoms with Gasteiger partial charge in [0.1, 0.15) is 4.90 Å². The van der Waals surface area contributed by atoms with Gasteiger partial charge in [-0.1, -0.05) is 12.8 Å². The van der Waals surface area contributed by atoms with E-state index in [9.17, 15) is 8.42 Å². The lowest BCUT2D eigenvalue weighted by Crippen LogP contribution is -2.44. The summed E-state index contributed by atoms with van der Waals surface area (Å²) in [4.78, 5) is 0.272. The molecular formula is C12H23ClN4O2S. The van der Waals surface area contributed by atoms with Gasteiger partial charge in [-0.25, -0.2) is 13.1 Å². The summed E-state index contributed by atoms with van der Waals surface area (Å²) in [5.74, 6) is 0.232. The molecule has 0 radical (unpaired) electrons. The van der Waals surface area contributed by atoms with Gasteiger partial charge >= 0.3 is 0 Å². The molecule has 1 aliphatic carbocycles. The van der Waals surface area contributed by atoms with Crippen molar-refractivity contribution in [3.8, 4) is 0 Å². The van der Waals surface area contributed by atoms with E-state index in [1.807, 2.05) is 0 Å². The maximum atomic E-state index is 12.5. The highest BCUT2D eigenvalue weighted by Crippen LogP contribution is 2.26. The van der Waals surface area contributed by atoms with E-state index >= 15 is 0 Å². The lowest BCUT2D eigenvalue weighted by Gasteiger charge is -2.31. The maximum absolute atomic E-state index is 12.5. The summed E-state index contributed by atoms with van der Waals surface area (Å²) in [6, 6.07) is -0.0579.